The molecule has 0 saturated heterocycles. The van der Waals surface area contributed by atoms with Gasteiger partial charge in [0.15, 0.2) is 0 Å². The summed E-state index contributed by atoms with van der Waals surface area (Å²) in [6, 6.07) is 3.78. The highest BCUT2D eigenvalue weighted by Gasteiger charge is 2.04. The first-order valence-corrected chi connectivity index (χ1v) is 8.04. The first-order valence-electron chi connectivity index (χ1n) is 7.16. The van der Waals surface area contributed by atoms with Gasteiger partial charge in [0, 0.05) is 6.54 Å². The number of hydrogen-bond acceptors (Lipinski definition) is 2. The molecular formula is C15H25NOS. The number of nitrogens with one attached hydrogen (secondary N) is 1. The van der Waals surface area contributed by atoms with Crippen molar-refractivity contribution in [1.82, 2.24) is 5.32 Å². The lowest BCUT2D eigenvalue weighted by Crippen LogP contribution is -2.23. The maximum Gasteiger partial charge on any atom is 0.261 e. The third-order valence-electron chi connectivity index (χ3n) is 3.06. The van der Waals surface area contributed by atoms with Crippen LogP contribution in [0.3, 0.4) is 0 Å². The van der Waals surface area contributed by atoms with E-state index in [9.17, 15) is 4.79 Å². The molecule has 1 heterocycles. The number of thiophene rings is 1. The van der Waals surface area contributed by atoms with E-state index in [1.165, 1.54) is 56.3 Å². The molecule has 0 aromatic carbocycles. The molecule has 0 bridgehead atoms. The van der Waals surface area contributed by atoms with Crippen molar-refractivity contribution in [3.05, 3.63) is 22.4 Å². The van der Waals surface area contributed by atoms with E-state index in [1.54, 1.807) is 0 Å². The van der Waals surface area contributed by atoms with E-state index in [-0.39, 0.29) is 5.91 Å². The minimum absolute atomic E-state index is 0.0768. The van der Waals surface area contributed by atoms with Gasteiger partial charge < -0.3 is 5.32 Å². The molecular weight excluding hydrogens is 242 g/mol. The summed E-state index contributed by atoms with van der Waals surface area (Å²) in [6.07, 6.45) is 10.4. The van der Waals surface area contributed by atoms with Crippen LogP contribution in [0.5, 0.6) is 0 Å². The van der Waals surface area contributed by atoms with Gasteiger partial charge in [-0.05, 0) is 17.9 Å². The van der Waals surface area contributed by atoms with Crippen molar-refractivity contribution in [2.24, 2.45) is 0 Å². The lowest BCUT2D eigenvalue weighted by molar-refractivity contribution is 0.0957. The van der Waals surface area contributed by atoms with Gasteiger partial charge in [-0.2, -0.15) is 0 Å². The minimum atomic E-state index is 0.0768. The van der Waals surface area contributed by atoms with Crippen LogP contribution in [0.1, 0.15) is 68.0 Å². The van der Waals surface area contributed by atoms with Gasteiger partial charge in [-0.1, -0.05) is 57.9 Å². The van der Waals surface area contributed by atoms with Crippen LogP contribution in [0.25, 0.3) is 0 Å². The molecule has 0 unspecified atom stereocenters. The van der Waals surface area contributed by atoms with Crippen LogP contribution < -0.4 is 5.32 Å². The highest BCUT2D eigenvalue weighted by Crippen LogP contribution is 2.09. The van der Waals surface area contributed by atoms with E-state index in [1.807, 2.05) is 17.5 Å². The molecule has 1 aromatic heterocycles. The summed E-state index contributed by atoms with van der Waals surface area (Å²) in [4.78, 5) is 12.4. The Hall–Kier alpha value is -0.830. The third kappa shape index (κ3) is 6.80. The van der Waals surface area contributed by atoms with Crippen LogP contribution in [-0.4, -0.2) is 12.5 Å². The van der Waals surface area contributed by atoms with Crippen molar-refractivity contribution >= 4 is 17.2 Å². The van der Waals surface area contributed by atoms with Crippen LogP contribution in [0.4, 0.5) is 0 Å². The Bertz CT molecular complexity index is 308. The second-order valence-corrected chi connectivity index (χ2v) is 5.66. The average Bonchev–Trinajstić information content (AvgIpc) is 2.90. The van der Waals surface area contributed by atoms with Gasteiger partial charge in [-0.15, -0.1) is 11.3 Å². The van der Waals surface area contributed by atoms with Crippen LogP contribution in [0, 0.1) is 0 Å². The number of hydrogen-bond donors (Lipinski definition) is 1. The van der Waals surface area contributed by atoms with Crippen molar-refractivity contribution < 1.29 is 4.79 Å². The first-order chi connectivity index (χ1) is 8.84. The maximum absolute atomic E-state index is 11.6. The number of rotatable bonds is 10. The van der Waals surface area contributed by atoms with Crippen molar-refractivity contribution in [1.29, 1.82) is 0 Å². The van der Waals surface area contributed by atoms with Crippen molar-refractivity contribution in [2.75, 3.05) is 6.54 Å². The zero-order chi connectivity index (χ0) is 13.1. The normalized spacial score (nSPS) is 10.5. The number of unbranched alkanes of at least 4 members (excludes halogenated alkanes) is 7. The SMILES string of the molecule is CCCCCCCCCCNC(=O)c1cccs1. The Morgan fingerprint density at radius 3 is 2.39 bits per heavy atom. The molecule has 3 heteroatoms. The molecule has 1 amide bonds. The van der Waals surface area contributed by atoms with E-state index in [4.69, 9.17) is 0 Å². The molecule has 0 atom stereocenters. The summed E-state index contributed by atoms with van der Waals surface area (Å²) in [6.45, 7) is 3.06. The Labute approximate surface area is 115 Å². The van der Waals surface area contributed by atoms with Gasteiger partial charge in [0.1, 0.15) is 0 Å². The van der Waals surface area contributed by atoms with E-state index in [0.717, 1.165) is 17.8 Å². The van der Waals surface area contributed by atoms with Crippen molar-refractivity contribution in [3.8, 4) is 0 Å². The largest absolute Gasteiger partial charge is 0.351 e. The van der Waals surface area contributed by atoms with Crippen LogP contribution >= 0.6 is 11.3 Å². The van der Waals surface area contributed by atoms with Crippen molar-refractivity contribution in [2.45, 2.75) is 58.3 Å². The zero-order valence-electron chi connectivity index (χ0n) is 11.4. The molecule has 1 N–H and O–H groups in total. The summed E-state index contributed by atoms with van der Waals surface area (Å²) in [5, 5.41) is 4.90. The van der Waals surface area contributed by atoms with Gasteiger partial charge in [-0.25, -0.2) is 0 Å². The van der Waals surface area contributed by atoms with Gasteiger partial charge in [0.05, 0.1) is 4.88 Å². The summed E-state index contributed by atoms with van der Waals surface area (Å²) in [5.41, 5.74) is 0. The topological polar surface area (TPSA) is 29.1 Å². The molecule has 0 radical (unpaired) electrons. The molecule has 18 heavy (non-hydrogen) atoms. The second kappa shape index (κ2) is 10.1. The van der Waals surface area contributed by atoms with Crippen LogP contribution in [0.2, 0.25) is 0 Å². The van der Waals surface area contributed by atoms with E-state index in [0.29, 0.717) is 0 Å². The molecule has 2 nitrogen and oxygen atoms in total. The smallest absolute Gasteiger partial charge is 0.261 e. The number of carbonyl (C=O) groups is 1. The molecule has 0 aliphatic rings. The number of amides is 1. The fourth-order valence-corrected chi connectivity index (χ4v) is 2.60. The van der Waals surface area contributed by atoms with E-state index < -0.39 is 0 Å². The standard InChI is InChI=1S/C15H25NOS/c1-2-3-4-5-6-7-8-9-12-16-15(17)14-11-10-13-18-14/h10-11,13H,2-9,12H2,1H3,(H,16,17). The third-order valence-corrected chi connectivity index (χ3v) is 3.93. The zero-order valence-corrected chi connectivity index (χ0v) is 12.2. The molecule has 102 valence electrons. The predicted molar refractivity (Wildman–Crippen MR) is 79.3 cm³/mol. The molecule has 0 fully saturated rings. The minimum Gasteiger partial charge on any atom is -0.351 e. The molecule has 0 aliphatic heterocycles. The summed E-state index contributed by atoms with van der Waals surface area (Å²) in [5.74, 6) is 0.0768. The highest BCUT2D eigenvalue weighted by molar-refractivity contribution is 7.12. The van der Waals surface area contributed by atoms with Gasteiger partial charge in [-0.3, -0.25) is 4.79 Å². The Balaban J connectivity index is 1.88. The maximum atomic E-state index is 11.6. The molecule has 1 rings (SSSR count). The van der Waals surface area contributed by atoms with Crippen LogP contribution in [0.15, 0.2) is 17.5 Å². The second-order valence-electron chi connectivity index (χ2n) is 4.71. The van der Waals surface area contributed by atoms with Gasteiger partial charge >= 0.3 is 0 Å². The number of carbonyl (C=O) groups excluding carboxylic acids is 1. The first kappa shape index (κ1) is 15.2. The molecule has 0 spiro atoms. The van der Waals surface area contributed by atoms with E-state index >= 15 is 0 Å². The fraction of sp³-hybridized carbons (Fsp3) is 0.667. The lowest BCUT2D eigenvalue weighted by Gasteiger charge is -2.03. The van der Waals surface area contributed by atoms with Gasteiger partial charge in [0.2, 0.25) is 0 Å². The van der Waals surface area contributed by atoms with E-state index in [2.05, 4.69) is 12.2 Å². The lowest BCUT2D eigenvalue weighted by atomic mass is 10.1. The van der Waals surface area contributed by atoms with Crippen molar-refractivity contribution in [3.63, 3.8) is 0 Å². The van der Waals surface area contributed by atoms with Gasteiger partial charge in [0.25, 0.3) is 5.91 Å². The fourth-order valence-electron chi connectivity index (χ4n) is 1.96. The Morgan fingerprint density at radius 2 is 1.78 bits per heavy atom. The summed E-state index contributed by atoms with van der Waals surface area (Å²) in [7, 11) is 0. The summed E-state index contributed by atoms with van der Waals surface area (Å²) >= 11 is 1.50. The molecule has 0 saturated carbocycles. The Morgan fingerprint density at radius 1 is 1.11 bits per heavy atom. The monoisotopic (exact) mass is 267 g/mol. The quantitative estimate of drug-likeness (QED) is 0.616. The molecule has 0 aliphatic carbocycles. The molecule has 1 aromatic rings. The highest BCUT2D eigenvalue weighted by atomic mass is 32.1. The summed E-state index contributed by atoms with van der Waals surface area (Å²) < 4.78 is 0. The predicted octanol–water partition coefficient (Wildman–Crippen LogP) is 4.62. The Kier molecular flexibility index (Phi) is 8.57. The average molecular weight is 267 g/mol. The van der Waals surface area contributed by atoms with Crippen LogP contribution in [-0.2, 0) is 0 Å².